The number of alkyl halides is 1. The van der Waals surface area contributed by atoms with Crippen LogP contribution in [0.5, 0.6) is 0 Å². The van der Waals surface area contributed by atoms with Crippen LogP contribution in [0.25, 0.3) is 10.9 Å². The van der Waals surface area contributed by atoms with Crippen LogP contribution >= 0.6 is 15.9 Å². The van der Waals surface area contributed by atoms with E-state index in [1.807, 2.05) is 24.3 Å². The van der Waals surface area contributed by atoms with Gasteiger partial charge >= 0.3 is 5.97 Å². The molecule has 0 aliphatic carbocycles. The number of aromatic nitrogens is 1. The van der Waals surface area contributed by atoms with Gasteiger partial charge < -0.3 is 15.8 Å². The lowest BCUT2D eigenvalue weighted by Crippen LogP contribution is -2.57. The van der Waals surface area contributed by atoms with Crippen molar-refractivity contribution in [2.24, 2.45) is 5.73 Å². The van der Waals surface area contributed by atoms with Crippen LogP contribution in [0.1, 0.15) is 5.56 Å². The van der Waals surface area contributed by atoms with Crippen LogP contribution in [0.15, 0.2) is 30.5 Å². The van der Waals surface area contributed by atoms with Gasteiger partial charge in [-0.3, -0.25) is 4.79 Å². The fourth-order valence-electron chi connectivity index (χ4n) is 1.99. The smallest absolute Gasteiger partial charge is 0.331 e. The van der Waals surface area contributed by atoms with Crippen molar-refractivity contribution in [2.75, 3.05) is 5.33 Å². The normalized spacial score (nSPS) is 14.2. The van der Waals surface area contributed by atoms with Gasteiger partial charge in [0.25, 0.3) is 0 Å². The van der Waals surface area contributed by atoms with Gasteiger partial charge in [-0.05, 0) is 11.6 Å². The van der Waals surface area contributed by atoms with Crippen LogP contribution in [0, 0.1) is 0 Å². The summed E-state index contributed by atoms with van der Waals surface area (Å²) in [5.41, 5.74) is 5.48. The lowest BCUT2D eigenvalue weighted by Gasteiger charge is -2.21. The van der Waals surface area contributed by atoms with Gasteiger partial charge in [-0.15, -0.1) is 0 Å². The Kier molecular flexibility index (Phi) is 3.73. The van der Waals surface area contributed by atoms with Crippen LogP contribution in [0.4, 0.5) is 0 Å². The largest absolute Gasteiger partial charge is 0.480 e. The van der Waals surface area contributed by atoms with Crippen LogP contribution < -0.4 is 5.73 Å². The average Bonchev–Trinajstić information content (AvgIpc) is 2.81. The number of hydrogen-bond donors (Lipinski definition) is 3. The molecule has 1 aromatic heterocycles. The van der Waals surface area contributed by atoms with Crippen molar-refractivity contribution < 1.29 is 14.7 Å². The predicted molar refractivity (Wildman–Crippen MR) is 75.4 cm³/mol. The molecule has 1 heterocycles. The van der Waals surface area contributed by atoms with Gasteiger partial charge in [0, 0.05) is 23.5 Å². The highest BCUT2D eigenvalue weighted by atomic mass is 79.9. The molecule has 0 aliphatic rings. The van der Waals surface area contributed by atoms with Crippen molar-refractivity contribution in [3.63, 3.8) is 0 Å². The Morgan fingerprint density at radius 3 is 2.68 bits per heavy atom. The number of aromatic amines is 1. The molecule has 0 aliphatic heterocycles. The third-order valence-corrected chi connectivity index (χ3v) is 3.65. The van der Waals surface area contributed by atoms with Crippen LogP contribution in [-0.2, 0) is 16.0 Å². The molecule has 0 radical (unpaired) electrons. The van der Waals surface area contributed by atoms with E-state index in [4.69, 9.17) is 5.73 Å². The maximum atomic E-state index is 11.8. The summed E-state index contributed by atoms with van der Waals surface area (Å²) in [5.74, 6) is -1.87. The minimum atomic E-state index is -1.91. The van der Waals surface area contributed by atoms with Crippen molar-refractivity contribution in [1.82, 2.24) is 4.98 Å². The molecule has 0 saturated heterocycles. The van der Waals surface area contributed by atoms with Gasteiger partial charge in [-0.1, -0.05) is 34.1 Å². The maximum Gasteiger partial charge on any atom is 0.331 e. The molecular weight excluding hydrogens is 312 g/mol. The second kappa shape index (κ2) is 5.14. The molecule has 1 atom stereocenters. The lowest BCUT2D eigenvalue weighted by atomic mass is 9.88. The fraction of sp³-hybridized carbons (Fsp3) is 0.231. The predicted octanol–water partition coefficient (Wildman–Crippen LogP) is 1.46. The van der Waals surface area contributed by atoms with Gasteiger partial charge in [0.05, 0.1) is 5.33 Å². The summed E-state index contributed by atoms with van der Waals surface area (Å²) in [6.07, 6.45) is 1.65. The summed E-state index contributed by atoms with van der Waals surface area (Å²) >= 11 is 2.97. The average molecular weight is 325 g/mol. The Hall–Kier alpha value is -1.66. The number of carbonyl (C=O) groups excluding carboxylic acids is 1. The van der Waals surface area contributed by atoms with E-state index in [-0.39, 0.29) is 11.8 Å². The van der Waals surface area contributed by atoms with Crippen molar-refractivity contribution in [3.8, 4) is 0 Å². The Morgan fingerprint density at radius 2 is 2.05 bits per heavy atom. The van der Waals surface area contributed by atoms with Gasteiger partial charge in [-0.25, -0.2) is 4.79 Å². The number of carboxylic acid groups (broad SMARTS) is 1. The molecule has 0 unspecified atom stereocenters. The first-order valence-corrected chi connectivity index (χ1v) is 6.77. The number of halogens is 1. The molecule has 5 nitrogen and oxygen atoms in total. The van der Waals surface area contributed by atoms with Gasteiger partial charge in [-0.2, -0.15) is 0 Å². The van der Waals surface area contributed by atoms with Crippen molar-refractivity contribution in [1.29, 1.82) is 0 Å². The minimum absolute atomic E-state index is 0.0449. The van der Waals surface area contributed by atoms with Gasteiger partial charge in [0.2, 0.25) is 0 Å². The number of hydrogen-bond acceptors (Lipinski definition) is 3. The zero-order valence-electron chi connectivity index (χ0n) is 10.0. The number of fused-ring (bicyclic) bond motifs is 1. The Bertz CT molecular complexity index is 638. The number of Topliss-reactive ketones (excluding diaryl/α,β-unsaturated/α-hetero) is 1. The van der Waals surface area contributed by atoms with E-state index in [1.54, 1.807) is 6.20 Å². The van der Waals surface area contributed by atoms with Crippen LogP contribution in [0.2, 0.25) is 0 Å². The fourth-order valence-corrected chi connectivity index (χ4v) is 2.49. The number of ketones is 1. The first kappa shape index (κ1) is 13.8. The number of para-hydroxylation sites is 1. The summed E-state index contributed by atoms with van der Waals surface area (Å²) in [6, 6.07) is 7.47. The highest BCUT2D eigenvalue weighted by Gasteiger charge is 2.41. The Balaban J connectivity index is 2.42. The molecule has 0 amide bonds. The van der Waals surface area contributed by atoms with E-state index in [1.165, 1.54) is 0 Å². The topological polar surface area (TPSA) is 96.2 Å². The minimum Gasteiger partial charge on any atom is -0.480 e. The van der Waals surface area contributed by atoms with Crippen molar-refractivity contribution >= 4 is 38.6 Å². The maximum absolute atomic E-state index is 11.8. The summed E-state index contributed by atoms with van der Waals surface area (Å²) < 4.78 is 0. The van der Waals surface area contributed by atoms with E-state index in [2.05, 4.69) is 20.9 Å². The molecule has 1 aromatic carbocycles. The van der Waals surface area contributed by atoms with E-state index < -0.39 is 17.3 Å². The zero-order chi connectivity index (χ0) is 14.0. The number of nitrogens with two attached hydrogens (primary N) is 1. The number of aliphatic carboxylic acids is 1. The summed E-state index contributed by atoms with van der Waals surface area (Å²) in [6.45, 7) is 0. The molecule has 0 bridgehead atoms. The lowest BCUT2D eigenvalue weighted by molar-refractivity contribution is -0.147. The second-order valence-electron chi connectivity index (χ2n) is 4.37. The highest BCUT2D eigenvalue weighted by molar-refractivity contribution is 9.09. The number of rotatable bonds is 5. The third kappa shape index (κ3) is 2.41. The first-order chi connectivity index (χ1) is 8.99. The van der Waals surface area contributed by atoms with Crippen LogP contribution in [0.3, 0.4) is 0 Å². The molecule has 2 rings (SSSR count). The molecule has 19 heavy (non-hydrogen) atoms. The zero-order valence-corrected chi connectivity index (χ0v) is 11.6. The summed E-state index contributed by atoms with van der Waals surface area (Å²) in [5, 5.41) is 10.0. The van der Waals surface area contributed by atoms with E-state index in [9.17, 15) is 14.7 Å². The van der Waals surface area contributed by atoms with E-state index >= 15 is 0 Å². The highest BCUT2D eigenvalue weighted by Crippen LogP contribution is 2.22. The number of nitrogens with one attached hydrogen (secondary N) is 1. The number of carboxylic acids is 1. The molecule has 0 saturated carbocycles. The number of benzene rings is 1. The second-order valence-corrected chi connectivity index (χ2v) is 4.93. The quantitative estimate of drug-likeness (QED) is 0.573. The van der Waals surface area contributed by atoms with E-state index in [0.717, 1.165) is 16.5 Å². The van der Waals surface area contributed by atoms with Gasteiger partial charge in [0.15, 0.2) is 11.3 Å². The molecule has 6 heteroatoms. The third-order valence-electron chi connectivity index (χ3n) is 3.14. The van der Waals surface area contributed by atoms with Gasteiger partial charge in [0.1, 0.15) is 0 Å². The SMILES string of the molecule is N[C@@](Cc1c[nH]c2ccccc12)(C(=O)O)C(=O)CBr. The molecular formula is C13H13BrN2O3. The monoisotopic (exact) mass is 324 g/mol. The standard InChI is InChI=1S/C13H13BrN2O3/c14-6-11(17)13(15,12(18)19)5-8-7-16-10-4-2-1-3-9(8)10/h1-4,7,16H,5-6,15H2,(H,18,19)/t13-/m1/s1. The molecule has 4 N–H and O–H groups in total. The number of carbonyl (C=O) groups is 2. The van der Waals surface area contributed by atoms with Crippen molar-refractivity contribution in [2.45, 2.75) is 12.0 Å². The Morgan fingerprint density at radius 1 is 1.37 bits per heavy atom. The molecule has 100 valence electrons. The molecule has 0 fully saturated rings. The Labute approximate surface area is 117 Å². The molecule has 0 spiro atoms. The number of H-pyrrole nitrogens is 1. The first-order valence-electron chi connectivity index (χ1n) is 5.65. The van der Waals surface area contributed by atoms with Crippen molar-refractivity contribution in [3.05, 3.63) is 36.0 Å². The summed E-state index contributed by atoms with van der Waals surface area (Å²) in [4.78, 5) is 26.1. The van der Waals surface area contributed by atoms with E-state index in [0.29, 0.717) is 0 Å². The summed E-state index contributed by atoms with van der Waals surface area (Å²) in [7, 11) is 0. The molecule has 2 aromatic rings. The van der Waals surface area contributed by atoms with Crippen LogP contribution in [-0.4, -0.2) is 32.7 Å².